The van der Waals surface area contributed by atoms with Gasteiger partial charge in [-0.25, -0.2) is 9.78 Å². The number of nitrogens with zero attached hydrogens (tertiary/aromatic N) is 1. The van der Waals surface area contributed by atoms with E-state index < -0.39 is 5.97 Å². The van der Waals surface area contributed by atoms with Crippen LogP contribution in [0.2, 0.25) is 0 Å². The van der Waals surface area contributed by atoms with Crippen molar-refractivity contribution in [3.8, 4) is 0 Å². The number of hydrogen-bond donors (Lipinski definition) is 2. The Balaban J connectivity index is 2.51. The van der Waals surface area contributed by atoms with Crippen molar-refractivity contribution in [3.63, 3.8) is 0 Å². The van der Waals surface area contributed by atoms with Crippen LogP contribution in [0.25, 0.3) is 0 Å². The normalized spacial score (nSPS) is 10.7. The monoisotopic (exact) mass is 348 g/mol. The summed E-state index contributed by atoms with van der Waals surface area (Å²) in [6.45, 7) is 6.20. The van der Waals surface area contributed by atoms with Gasteiger partial charge in [-0.2, -0.15) is 0 Å². The fourth-order valence-corrected chi connectivity index (χ4v) is 2.49. The number of aromatic carboxylic acids is 1. The molecular formula is C16H17BrN2O2. The first-order valence-corrected chi connectivity index (χ1v) is 7.44. The Morgan fingerprint density at radius 2 is 2.10 bits per heavy atom. The van der Waals surface area contributed by atoms with Gasteiger partial charge in [0.05, 0.1) is 0 Å². The molecule has 2 aromatic rings. The predicted molar refractivity (Wildman–Crippen MR) is 87.4 cm³/mol. The SMILES string of the molecule is Cc1cccc(C(C)C)c1Nc1ncc(Br)cc1C(=O)O. The molecule has 0 atom stereocenters. The highest BCUT2D eigenvalue weighted by Crippen LogP contribution is 2.31. The standard InChI is InChI=1S/C16H17BrN2O2/c1-9(2)12-6-4-5-10(3)14(12)19-15-13(16(20)21)7-11(17)8-18-15/h4-9H,1-3H3,(H,18,19)(H,20,21). The van der Waals surface area contributed by atoms with Crippen LogP contribution >= 0.6 is 15.9 Å². The number of para-hydroxylation sites is 1. The lowest BCUT2D eigenvalue weighted by Gasteiger charge is -2.17. The van der Waals surface area contributed by atoms with E-state index in [1.165, 1.54) is 0 Å². The molecule has 110 valence electrons. The summed E-state index contributed by atoms with van der Waals surface area (Å²) in [5, 5.41) is 12.5. The van der Waals surface area contributed by atoms with Gasteiger partial charge < -0.3 is 10.4 Å². The van der Waals surface area contributed by atoms with Gasteiger partial charge in [-0.05, 0) is 46.0 Å². The van der Waals surface area contributed by atoms with E-state index in [9.17, 15) is 9.90 Å². The molecule has 2 N–H and O–H groups in total. The van der Waals surface area contributed by atoms with E-state index in [0.717, 1.165) is 16.8 Å². The molecule has 0 saturated heterocycles. The summed E-state index contributed by atoms with van der Waals surface area (Å²) in [5.74, 6) is -0.330. The van der Waals surface area contributed by atoms with Crippen molar-refractivity contribution in [3.05, 3.63) is 51.6 Å². The third-order valence-corrected chi connectivity index (χ3v) is 3.69. The van der Waals surface area contributed by atoms with Gasteiger partial charge in [0.25, 0.3) is 0 Å². The Kier molecular flexibility index (Phi) is 4.63. The summed E-state index contributed by atoms with van der Waals surface area (Å²) in [4.78, 5) is 15.6. The number of carboxylic acid groups (broad SMARTS) is 1. The molecule has 0 unspecified atom stereocenters. The number of rotatable bonds is 4. The van der Waals surface area contributed by atoms with E-state index in [1.54, 1.807) is 12.3 Å². The van der Waals surface area contributed by atoms with Crippen LogP contribution in [0.3, 0.4) is 0 Å². The van der Waals surface area contributed by atoms with Gasteiger partial charge in [0.15, 0.2) is 0 Å². The van der Waals surface area contributed by atoms with E-state index in [0.29, 0.717) is 16.2 Å². The zero-order valence-electron chi connectivity index (χ0n) is 12.1. The molecule has 0 radical (unpaired) electrons. The first-order valence-electron chi connectivity index (χ1n) is 6.65. The van der Waals surface area contributed by atoms with Crippen LogP contribution in [0.15, 0.2) is 34.9 Å². The number of aromatic nitrogens is 1. The number of pyridine rings is 1. The number of halogens is 1. The number of nitrogens with one attached hydrogen (secondary N) is 1. The summed E-state index contributed by atoms with van der Waals surface area (Å²) in [6.07, 6.45) is 1.59. The molecule has 0 aliphatic rings. The number of carbonyl (C=O) groups is 1. The second-order valence-electron chi connectivity index (χ2n) is 5.17. The van der Waals surface area contributed by atoms with Gasteiger partial charge in [-0.1, -0.05) is 32.0 Å². The average Bonchev–Trinajstić information content (AvgIpc) is 2.42. The smallest absolute Gasteiger partial charge is 0.339 e. The maximum atomic E-state index is 11.4. The number of aryl methyl sites for hydroxylation is 1. The molecule has 1 aromatic heterocycles. The second-order valence-corrected chi connectivity index (χ2v) is 6.09. The molecule has 5 heteroatoms. The van der Waals surface area contributed by atoms with Crippen molar-refractivity contribution in [1.29, 1.82) is 0 Å². The van der Waals surface area contributed by atoms with Gasteiger partial charge in [-0.3, -0.25) is 0 Å². The van der Waals surface area contributed by atoms with Crippen LogP contribution in [0, 0.1) is 6.92 Å². The summed E-state index contributed by atoms with van der Waals surface area (Å²) < 4.78 is 0.638. The van der Waals surface area contributed by atoms with Crippen molar-refractivity contribution < 1.29 is 9.90 Å². The Morgan fingerprint density at radius 1 is 1.38 bits per heavy atom. The van der Waals surface area contributed by atoms with Gasteiger partial charge in [0.1, 0.15) is 11.4 Å². The quantitative estimate of drug-likeness (QED) is 0.839. The molecule has 0 aliphatic heterocycles. The molecule has 1 heterocycles. The molecule has 0 saturated carbocycles. The van der Waals surface area contributed by atoms with E-state index in [1.807, 2.05) is 25.1 Å². The van der Waals surface area contributed by atoms with Crippen molar-refractivity contribution in [2.24, 2.45) is 0 Å². The van der Waals surface area contributed by atoms with E-state index in [2.05, 4.69) is 40.1 Å². The van der Waals surface area contributed by atoms with Crippen LogP contribution in [0.1, 0.15) is 41.3 Å². The molecule has 4 nitrogen and oxygen atoms in total. The summed E-state index contributed by atoms with van der Waals surface area (Å²) in [7, 11) is 0. The summed E-state index contributed by atoms with van der Waals surface area (Å²) >= 11 is 3.25. The molecule has 21 heavy (non-hydrogen) atoms. The minimum Gasteiger partial charge on any atom is -0.478 e. The summed E-state index contributed by atoms with van der Waals surface area (Å²) in [6, 6.07) is 7.58. The van der Waals surface area contributed by atoms with E-state index in [4.69, 9.17) is 0 Å². The number of hydrogen-bond acceptors (Lipinski definition) is 3. The fourth-order valence-electron chi connectivity index (χ4n) is 2.16. The second kappa shape index (κ2) is 6.26. The Morgan fingerprint density at radius 3 is 2.71 bits per heavy atom. The average molecular weight is 349 g/mol. The van der Waals surface area contributed by atoms with Crippen molar-refractivity contribution in [2.75, 3.05) is 5.32 Å². The first-order chi connectivity index (χ1) is 9.90. The number of anilines is 2. The fraction of sp³-hybridized carbons (Fsp3) is 0.250. The minimum atomic E-state index is -1.01. The van der Waals surface area contributed by atoms with Gasteiger partial charge in [0.2, 0.25) is 0 Å². The Labute approximate surface area is 132 Å². The summed E-state index contributed by atoms with van der Waals surface area (Å²) in [5.41, 5.74) is 3.26. The first kappa shape index (κ1) is 15.5. The molecule has 0 aliphatic carbocycles. The maximum absolute atomic E-state index is 11.4. The van der Waals surface area contributed by atoms with Crippen molar-refractivity contribution in [2.45, 2.75) is 26.7 Å². The predicted octanol–water partition coefficient (Wildman–Crippen LogP) is 4.72. The molecule has 0 spiro atoms. The number of carboxylic acids is 1. The van der Waals surface area contributed by atoms with Crippen LogP contribution < -0.4 is 5.32 Å². The third kappa shape index (κ3) is 3.42. The Hall–Kier alpha value is -1.88. The highest BCUT2D eigenvalue weighted by molar-refractivity contribution is 9.10. The van der Waals surface area contributed by atoms with Crippen molar-refractivity contribution in [1.82, 2.24) is 4.98 Å². The lowest BCUT2D eigenvalue weighted by molar-refractivity contribution is 0.0697. The lowest BCUT2D eigenvalue weighted by Crippen LogP contribution is -2.07. The molecule has 0 fully saturated rings. The van der Waals surface area contributed by atoms with Gasteiger partial charge in [0, 0.05) is 16.4 Å². The zero-order valence-corrected chi connectivity index (χ0v) is 13.7. The largest absolute Gasteiger partial charge is 0.478 e. The van der Waals surface area contributed by atoms with Crippen LogP contribution in [-0.2, 0) is 0 Å². The highest BCUT2D eigenvalue weighted by atomic mass is 79.9. The lowest BCUT2D eigenvalue weighted by atomic mass is 9.98. The highest BCUT2D eigenvalue weighted by Gasteiger charge is 2.15. The number of benzene rings is 1. The van der Waals surface area contributed by atoms with E-state index >= 15 is 0 Å². The van der Waals surface area contributed by atoms with Crippen LogP contribution in [-0.4, -0.2) is 16.1 Å². The molecule has 2 rings (SSSR count). The molecule has 0 amide bonds. The minimum absolute atomic E-state index is 0.141. The van der Waals surface area contributed by atoms with Crippen molar-refractivity contribution >= 4 is 33.4 Å². The third-order valence-electron chi connectivity index (χ3n) is 3.26. The maximum Gasteiger partial charge on any atom is 0.339 e. The topological polar surface area (TPSA) is 62.2 Å². The van der Waals surface area contributed by atoms with Gasteiger partial charge >= 0.3 is 5.97 Å². The Bertz CT molecular complexity index is 684. The molecular weight excluding hydrogens is 332 g/mol. The van der Waals surface area contributed by atoms with Crippen LogP contribution in [0.4, 0.5) is 11.5 Å². The molecule has 0 bridgehead atoms. The van der Waals surface area contributed by atoms with E-state index in [-0.39, 0.29) is 5.56 Å². The zero-order chi connectivity index (χ0) is 15.6. The van der Waals surface area contributed by atoms with Gasteiger partial charge in [-0.15, -0.1) is 0 Å². The van der Waals surface area contributed by atoms with Crippen LogP contribution in [0.5, 0.6) is 0 Å². The molecule has 1 aromatic carbocycles.